The number of likely N-dealkylation sites (N-methyl/N-ethyl adjacent to an activating group) is 1. The summed E-state index contributed by atoms with van der Waals surface area (Å²) in [6.45, 7) is 2.83. The third kappa shape index (κ3) is 3.99. The third-order valence-corrected chi connectivity index (χ3v) is 6.47. The van der Waals surface area contributed by atoms with E-state index < -0.39 is 23.2 Å². The Kier molecular flexibility index (Phi) is 5.30. The van der Waals surface area contributed by atoms with E-state index in [1.165, 1.54) is 10.6 Å². The van der Waals surface area contributed by atoms with Gasteiger partial charge in [0, 0.05) is 18.7 Å². The van der Waals surface area contributed by atoms with Gasteiger partial charge in [0.25, 0.3) is 0 Å². The maximum atomic E-state index is 13.8. The van der Waals surface area contributed by atoms with Crippen molar-refractivity contribution in [1.82, 2.24) is 19.8 Å². The Morgan fingerprint density at radius 3 is 2.65 bits per heavy atom. The summed E-state index contributed by atoms with van der Waals surface area (Å²) in [6.07, 6.45) is -2.12. The van der Waals surface area contributed by atoms with Crippen molar-refractivity contribution in [1.29, 1.82) is 0 Å². The van der Waals surface area contributed by atoms with Crippen molar-refractivity contribution in [2.45, 2.75) is 50.4 Å². The predicted molar refractivity (Wildman–Crippen MR) is 116 cm³/mol. The first-order chi connectivity index (χ1) is 16.0. The number of anilines is 2. The lowest BCUT2D eigenvalue weighted by molar-refractivity contribution is -0.139. The van der Waals surface area contributed by atoms with E-state index in [2.05, 4.69) is 20.6 Å². The lowest BCUT2D eigenvalue weighted by Gasteiger charge is -2.35. The number of rotatable bonds is 3. The summed E-state index contributed by atoms with van der Waals surface area (Å²) in [7, 11) is 1.89. The lowest BCUT2D eigenvalue weighted by Crippen LogP contribution is -2.37. The van der Waals surface area contributed by atoms with Gasteiger partial charge in [-0.15, -0.1) is 15.3 Å². The Balaban J connectivity index is 1.61. The molecule has 1 aliphatic heterocycles. The van der Waals surface area contributed by atoms with Gasteiger partial charge < -0.3 is 20.1 Å². The molecule has 0 spiro atoms. The quantitative estimate of drug-likeness (QED) is 0.550. The molecule has 34 heavy (non-hydrogen) atoms. The van der Waals surface area contributed by atoms with Crippen LogP contribution in [0.5, 0.6) is 5.75 Å². The summed E-state index contributed by atoms with van der Waals surface area (Å²) in [4.78, 5) is 1.97. The van der Waals surface area contributed by atoms with Crippen molar-refractivity contribution >= 4 is 17.2 Å². The number of nitrogens with zero attached hydrogens (tertiary/aromatic N) is 5. The average Bonchev–Trinajstić information content (AvgIpc) is 3.19. The minimum Gasteiger partial charge on any atom is -0.486 e. The lowest BCUT2D eigenvalue weighted by atomic mass is 9.83. The maximum absolute atomic E-state index is 13.8. The number of halogens is 4. The van der Waals surface area contributed by atoms with Gasteiger partial charge in [-0.2, -0.15) is 17.7 Å². The topological polar surface area (TPSA) is 87.8 Å². The number of ether oxygens (including phenoxy) is 1. The molecule has 2 aliphatic rings. The van der Waals surface area contributed by atoms with Crippen LogP contribution in [0.4, 0.5) is 29.1 Å². The Labute approximate surface area is 192 Å². The molecule has 0 bridgehead atoms. The molecule has 1 fully saturated rings. The van der Waals surface area contributed by atoms with Gasteiger partial charge >= 0.3 is 6.18 Å². The average molecular weight is 480 g/mol. The first-order valence-electron chi connectivity index (χ1n) is 11.0. The molecule has 2 N–H and O–H groups in total. The zero-order chi connectivity index (χ0) is 24.3. The molecule has 0 amide bonds. The van der Waals surface area contributed by atoms with E-state index in [-0.39, 0.29) is 23.1 Å². The highest BCUT2D eigenvalue weighted by Gasteiger charge is 2.35. The van der Waals surface area contributed by atoms with Crippen molar-refractivity contribution in [3.05, 3.63) is 29.6 Å². The fraction of sp³-hybridized carbons (Fsp3) is 0.500. The first kappa shape index (κ1) is 22.6. The van der Waals surface area contributed by atoms with Crippen LogP contribution in [0.1, 0.15) is 38.2 Å². The van der Waals surface area contributed by atoms with Gasteiger partial charge in [0.05, 0.1) is 17.7 Å². The molecule has 5 rings (SSSR count). The van der Waals surface area contributed by atoms with E-state index in [1.807, 2.05) is 18.9 Å². The minimum absolute atomic E-state index is 0.0255. The Morgan fingerprint density at radius 1 is 1.21 bits per heavy atom. The van der Waals surface area contributed by atoms with E-state index in [1.54, 1.807) is 0 Å². The van der Waals surface area contributed by atoms with Crippen LogP contribution in [0, 0.1) is 5.82 Å². The number of fused-ring (bicyclic) bond motifs is 3. The molecule has 1 aromatic carbocycles. The molecule has 12 heteroatoms. The second-order valence-electron chi connectivity index (χ2n) is 9.16. The highest BCUT2D eigenvalue weighted by atomic mass is 19.4. The van der Waals surface area contributed by atoms with Gasteiger partial charge in [-0.05, 0) is 50.8 Å². The Hall–Kier alpha value is -3.15. The molecule has 182 valence electrons. The van der Waals surface area contributed by atoms with Crippen LogP contribution in [-0.4, -0.2) is 56.8 Å². The second-order valence-corrected chi connectivity index (χ2v) is 9.16. The van der Waals surface area contributed by atoms with Crippen molar-refractivity contribution < 1.29 is 27.4 Å². The molecule has 0 atom stereocenters. The standard InChI is InChI=1S/C22H24F4N6O2/c1-21(33)7-5-13(6-8-21)27-18-16-17(34-10-9-31(16)2)20-29-28-19(32(20)30-18)12-3-4-15(23)14(11-12)22(24,25)26/h3-4,11,13,33H,5-10H2,1-2H3,(H,27,30). The fourth-order valence-electron chi connectivity index (χ4n) is 4.50. The van der Waals surface area contributed by atoms with Gasteiger partial charge in [0.2, 0.25) is 5.65 Å². The van der Waals surface area contributed by atoms with Crippen LogP contribution >= 0.6 is 0 Å². The third-order valence-electron chi connectivity index (χ3n) is 6.47. The van der Waals surface area contributed by atoms with Gasteiger partial charge in [-0.1, -0.05) is 0 Å². The van der Waals surface area contributed by atoms with Gasteiger partial charge in [0.15, 0.2) is 17.4 Å². The molecule has 3 heterocycles. The fourth-order valence-corrected chi connectivity index (χ4v) is 4.50. The number of aliphatic hydroxyl groups is 1. The molecule has 1 aliphatic carbocycles. The molecule has 1 saturated carbocycles. The molecular weight excluding hydrogens is 456 g/mol. The number of benzene rings is 1. The van der Waals surface area contributed by atoms with E-state index in [0.717, 1.165) is 18.9 Å². The van der Waals surface area contributed by atoms with Gasteiger partial charge in [0.1, 0.15) is 18.1 Å². The Bertz CT molecular complexity index is 1230. The highest BCUT2D eigenvalue weighted by Crippen LogP contribution is 2.42. The molecule has 3 aromatic rings. The van der Waals surface area contributed by atoms with Crippen LogP contribution in [0.15, 0.2) is 18.2 Å². The number of hydrogen-bond donors (Lipinski definition) is 2. The zero-order valence-corrected chi connectivity index (χ0v) is 18.7. The van der Waals surface area contributed by atoms with E-state index in [0.29, 0.717) is 49.3 Å². The van der Waals surface area contributed by atoms with E-state index in [9.17, 15) is 22.7 Å². The van der Waals surface area contributed by atoms with Gasteiger partial charge in [-0.3, -0.25) is 0 Å². The summed E-state index contributed by atoms with van der Waals surface area (Å²) in [6, 6.07) is 2.73. The summed E-state index contributed by atoms with van der Waals surface area (Å²) in [5, 5.41) is 26.5. The number of nitrogens with one attached hydrogen (secondary N) is 1. The normalized spacial score (nSPS) is 23.0. The maximum Gasteiger partial charge on any atom is 0.419 e. The summed E-state index contributed by atoms with van der Waals surface area (Å²) in [5.74, 6) is -0.424. The minimum atomic E-state index is -4.85. The first-order valence-corrected chi connectivity index (χ1v) is 11.0. The van der Waals surface area contributed by atoms with Crippen LogP contribution in [0.3, 0.4) is 0 Å². The number of alkyl halides is 3. The smallest absolute Gasteiger partial charge is 0.419 e. The largest absolute Gasteiger partial charge is 0.486 e. The van der Waals surface area contributed by atoms with Crippen molar-refractivity contribution in [2.24, 2.45) is 0 Å². The highest BCUT2D eigenvalue weighted by molar-refractivity contribution is 5.82. The molecule has 0 unspecified atom stereocenters. The second kappa shape index (κ2) is 7.97. The zero-order valence-electron chi connectivity index (χ0n) is 18.7. The summed E-state index contributed by atoms with van der Waals surface area (Å²) >= 11 is 0. The van der Waals surface area contributed by atoms with Crippen LogP contribution in [-0.2, 0) is 6.18 Å². The molecule has 8 nitrogen and oxygen atoms in total. The van der Waals surface area contributed by atoms with Crippen molar-refractivity contribution in [3.8, 4) is 17.1 Å². The van der Waals surface area contributed by atoms with Crippen molar-refractivity contribution in [2.75, 3.05) is 30.4 Å². The van der Waals surface area contributed by atoms with Crippen LogP contribution < -0.4 is 15.0 Å². The molecule has 0 radical (unpaired) electrons. The predicted octanol–water partition coefficient (Wildman–Crippen LogP) is 3.88. The molecular formula is C22H24F4N6O2. The van der Waals surface area contributed by atoms with Crippen LogP contribution in [0.25, 0.3) is 17.0 Å². The molecule has 2 aromatic heterocycles. The summed E-state index contributed by atoms with van der Waals surface area (Å²) in [5.41, 5.74) is -1.12. The number of hydrogen-bond acceptors (Lipinski definition) is 7. The van der Waals surface area contributed by atoms with E-state index in [4.69, 9.17) is 4.74 Å². The van der Waals surface area contributed by atoms with Crippen molar-refractivity contribution in [3.63, 3.8) is 0 Å². The molecule has 0 saturated heterocycles. The Morgan fingerprint density at radius 2 is 1.94 bits per heavy atom. The van der Waals surface area contributed by atoms with Gasteiger partial charge in [-0.25, -0.2) is 4.39 Å². The summed E-state index contributed by atoms with van der Waals surface area (Å²) < 4.78 is 60.9. The van der Waals surface area contributed by atoms with E-state index >= 15 is 0 Å². The number of aromatic nitrogens is 4. The monoisotopic (exact) mass is 480 g/mol. The SMILES string of the molecule is CN1CCOc2c1c(NC1CCC(C)(O)CC1)nn1c(-c3ccc(F)c(C(F)(F)F)c3)nnc21. The van der Waals surface area contributed by atoms with Crippen LogP contribution in [0.2, 0.25) is 0 Å².